The molecule has 0 aliphatic heterocycles. The second kappa shape index (κ2) is 22.9. The molecule has 8 heavy (non-hydrogen) atoms. The normalized spacial score (nSPS) is 4.50. The predicted octanol–water partition coefficient (Wildman–Crippen LogP) is 3.21. The summed E-state index contributed by atoms with van der Waals surface area (Å²) in [5.74, 6) is 0.583. The molecule has 54 valence electrons. The zero-order valence-electron chi connectivity index (χ0n) is 5.01. The van der Waals surface area contributed by atoms with E-state index in [1.807, 2.05) is 0 Å². The molecule has 0 nitrogen and oxygen atoms in total. The Hall–Kier alpha value is 2.15. The van der Waals surface area contributed by atoms with Crippen LogP contribution in [0.3, 0.4) is 0 Å². The summed E-state index contributed by atoms with van der Waals surface area (Å²) in [5, 5.41) is 0. The average Bonchev–Trinajstić information content (AvgIpc) is 0.811. The van der Waals surface area contributed by atoms with Crippen molar-refractivity contribution in [3.05, 3.63) is 6.92 Å². The first-order valence-electron chi connectivity index (χ1n) is 1.56. The van der Waals surface area contributed by atoms with Gasteiger partial charge in [-0.25, -0.2) is 0 Å². The van der Waals surface area contributed by atoms with Crippen LogP contribution < -0.4 is 0 Å². The number of hydrogen-bond donors (Lipinski definition) is 0. The zero-order chi connectivity index (χ0) is 3.58. The molecule has 0 aromatic heterocycles. The Balaban J connectivity index is -0.00000000750. The fourth-order valence-corrected chi connectivity index (χ4v) is 0. The molecule has 0 aliphatic carbocycles. The van der Waals surface area contributed by atoms with E-state index in [9.17, 15) is 0 Å². The number of halogens is 3. The molecule has 0 radical (unpaired) electrons. The van der Waals surface area contributed by atoms with Crippen molar-refractivity contribution in [2.75, 3.05) is 0 Å². The molecule has 0 rings (SSSR count). The molecule has 0 atom stereocenters. The Labute approximate surface area is 98.4 Å². The van der Waals surface area contributed by atoms with Crippen molar-refractivity contribution in [1.29, 1.82) is 0 Å². The summed E-state index contributed by atoms with van der Waals surface area (Å²) in [6.07, 6.45) is 0. The van der Waals surface area contributed by atoms with E-state index in [4.69, 9.17) is 0 Å². The van der Waals surface area contributed by atoms with Gasteiger partial charge < -0.3 is 6.92 Å². The van der Waals surface area contributed by atoms with Gasteiger partial charge in [0.1, 0.15) is 0 Å². The van der Waals surface area contributed by atoms with E-state index in [1.54, 1.807) is 0 Å². The van der Waals surface area contributed by atoms with Gasteiger partial charge in [-0.3, -0.25) is 0 Å². The minimum absolute atomic E-state index is 0. The molecule has 0 spiro atoms. The fraction of sp³-hybridized carbons (Fsp3) is 0.750. The summed E-state index contributed by atoms with van der Waals surface area (Å²) in [5.41, 5.74) is 0. The maximum Gasteiger partial charge on any atom is 0 e. The van der Waals surface area contributed by atoms with Gasteiger partial charge in [-0.15, -0.1) is 50.9 Å². The van der Waals surface area contributed by atoms with Crippen LogP contribution in [0.25, 0.3) is 0 Å². The molecule has 0 amide bonds. The minimum Gasteiger partial charge on any atom is -0.341 e. The smallest absolute Gasteiger partial charge is 0 e. The second-order valence-corrected chi connectivity index (χ2v) is 1.39. The Morgan fingerprint density at radius 1 is 1.00 bits per heavy atom. The molecule has 0 saturated carbocycles. The molecule has 4 heteroatoms. The monoisotopic (exact) mass is 345 g/mol. The summed E-state index contributed by atoms with van der Waals surface area (Å²) in [6.45, 7) is 7.75. The third-order valence-electron chi connectivity index (χ3n) is 0. The Morgan fingerprint density at radius 2 is 1.00 bits per heavy atom. The maximum absolute atomic E-state index is 3.64. The molecule has 0 N–H and O–H groups in total. The second-order valence-electron chi connectivity index (χ2n) is 1.39. The number of hydrogen-bond acceptors (Lipinski definition) is 0. The predicted molar refractivity (Wildman–Crippen MR) is 51.2 cm³/mol. The maximum atomic E-state index is 3.64. The van der Waals surface area contributed by atoms with Gasteiger partial charge in [0.25, 0.3) is 0 Å². The van der Waals surface area contributed by atoms with E-state index in [1.165, 1.54) is 0 Å². The van der Waals surface area contributed by atoms with Gasteiger partial charge in [0.2, 0.25) is 0 Å². The van der Waals surface area contributed by atoms with E-state index in [0.717, 1.165) is 0 Å². The van der Waals surface area contributed by atoms with Crippen LogP contribution >= 0.6 is 50.9 Å². The van der Waals surface area contributed by atoms with E-state index in [2.05, 4.69) is 20.8 Å². The van der Waals surface area contributed by atoms with Crippen LogP contribution in [0.4, 0.5) is 0 Å². The topological polar surface area (TPSA) is 0 Å². The Kier molecular flexibility index (Phi) is 91.7. The summed E-state index contributed by atoms with van der Waals surface area (Å²) >= 11 is 0. The zero-order valence-corrected chi connectivity index (χ0v) is 11.7. The van der Waals surface area contributed by atoms with Crippen LogP contribution in [0.2, 0.25) is 0 Å². The van der Waals surface area contributed by atoms with Gasteiger partial charge in [0.15, 0.2) is 0 Å². The first-order chi connectivity index (χ1) is 1.73. The summed E-state index contributed by atoms with van der Waals surface area (Å²) in [6, 6.07) is 0. The first-order valence-corrected chi connectivity index (χ1v) is 1.56. The quantitative estimate of drug-likeness (QED) is 0.466. The van der Waals surface area contributed by atoms with Gasteiger partial charge in [0.05, 0.1) is 0 Å². The first kappa shape index (κ1) is 32.0. The van der Waals surface area contributed by atoms with Crippen molar-refractivity contribution in [2.45, 2.75) is 13.8 Å². The van der Waals surface area contributed by atoms with Crippen LogP contribution in [0.15, 0.2) is 0 Å². The van der Waals surface area contributed by atoms with Crippen LogP contribution in [0, 0.1) is 12.8 Å². The van der Waals surface area contributed by atoms with Crippen LogP contribution in [0.1, 0.15) is 13.8 Å². The van der Waals surface area contributed by atoms with E-state index in [-0.39, 0.29) is 72.7 Å². The van der Waals surface area contributed by atoms with E-state index < -0.39 is 0 Å². The molecule has 0 aromatic carbocycles. The number of rotatable bonds is 0. The third-order valence-corrected chi connectivity index (χ3v) is 0. The molecule has 0 bridgehead atoms. The van der Waals surface area contributed by atoms with E-state index in [0.29, 0.717) is 5.92 Å². The van der Waals surface area contributed by atoms with Gasteiger partial charge in [-0.1, -0.05) is 13.8 Å². The van der Waals surface area contributed by atoms with E-state index >= 15 is 0 Å². The van der Waals surface area contributed by atoms with Crippen LogP contribution in [-0.2, 0) is 21.7 Å². The third kappa shape index (κ3) is 89.9. The Bertz CT molecular complexity index is 16.0. The summed E-state index contributed by atoms with van der Waals surface area (Å²) in [7, 11) is 0. The fourth-order valence-electron chi connectivity index (χ4n) is 0. The van der Waals surface area contributed by atoms with Crippen molar-refractivity contribution in [2.24, 2.45) is 5.92 Å². The van der Waals surface area contributed by atoms with Crippen LogP contribution in [-0.4, -0.2) is 0 Å². The van der Waals surface area contributed by atoms with Gasteiger partial charge in [-0.05, 0) is 0 Å². The van der Waals surface area contributed by atoms with Gasteiger partial charge >= 0.3 is 0 Å². The van der Waals surface area contributed by atoms with Gasteiger partial charge in [-0.2, -0.15) is 5.92 Å². The molecule has 0 heterocycles. The molecular formula is C4H12Br3Ti-. The van der Waals surface area contributed by atoms with Crippen molar-refractivity contribution in [1.82, 2.24) is 0 Å². The van der Waals surface area contributed by atoms with Crippen molar-refractivity contribution in [3.63, 3.8) is 0 Å². The standard InChI is InChI=1S/C4H9.3BrH.Ti/c1-4(2)3;;;;/h4H,1H2,2-3H3;3*1H;/q-1;;;;. The summed E-state index contributed by atoms with van der Waals surface area (Å²) in [4.78, 5) is 0. The molecule has 0 unspecified atom stereocenters. The molecular weight excluding hydrogens is 336 g/mol. The van der Waals surface area contributed by atoms with Crippen molar-refractivity contribution >= 4 is 50.9 Å². The largest absolute Gasteiger partial charge is 0.341 e. The molecule has 0 fully saturated rings. The average molecular weight is 348 g/mol. The van der Waals surface area contributed by atoms with Crippen molar-refractivity contribution in [3.8, 4) is 0 Å². The van der Waals surface area contributed by atoms with Crippen molar-refractivity contribution < 1.29 is 21.7 Å². The minimum atomic E-state index is 0. The Morgan fingerprint density at radius 3 is 1.00 bits per heavy atom. The molecule has 0 aromatic rings. The summed E-state index contributed by atoms with van der Waals surface area (Å²) < 4.78 is 0. The van der Waals surface area contributed by atoms with Gasteiger partial charge in [0, 0.05) is 21.7 Å². The SMILES string of the molecule is Br.Br.Br.[CH2-]C(C)C.[Ti]. The van der Waals surface area contributed by atoms with Crippen LogP contribution in [0.5, 0.6) is 0 Å². The molecule has 0 aliphatic rings. The molecule has 0 saturated heterocycles.